The molecule has 6 nitrogen and oxygen atoms in total. The molecule has 0 spiro atoms. The van der Waals surface area contributed by atoms with E-state index in [9.17, 15) is 13.2 Å². The first-order valence-electron chi connectivity index (χ1n) is 11.2. The lowest BCUT2D eigenvalue weighted by molar-refractivity contribution is -0.119. The fourth-order valence-electron chi connectivity index (χ4n) is 4.40. The van der Waals surface area contributed by atoms with Crippen LogP contribution >= 0.6 is 23.2 Å². The number of aryl methyl sites for hydroxylation is 2. The predicted molar refractivity (Wildman–Crippen MR) is 145 cm³/mol. The van der Waals surface area contributed by atoms with Gasteiger partial charge in [0.05, 0.1) is 26.8 Å². The summed E-state index contributed by atoms with van der Waals surface area (Å²) in [6, 6.07) is 22.5. The third-order valence-corrected chi connectivity index (χ3v) is 8.64. The van der Waals surface area contributed by atoms with Crippen LogP contribution in [0.25, 0.3) is 10.8 Å². The van der Waals surface area contributed by atoms with Crippen LogP contribution in [0.15, 0.2) is 88.9 Å². The van der Waals surface area contributed by atoms with Crippen molar-refractivity contribution < 1.29 is 13.2 Å². The van der Waals surface area contributed by atoms with Crippen LogP contribution in [-0.2, 0) is 27.7 Å². The van der Waals surface area contributed by atoms with E-state index < -0.39 is 22.5 Å². The summed E-state index contributed by atoms with van der Waals surface area (Å²) in [5.74, 6) is -0.609. The Labute approximate surface area is 219 Å². The van der Waals surface area contributed by atoms with E-state index in [-0.39, 0.29) is 20.6 Å². The van der Waals surface area contributed by atoms with Crippen LogP contribution in [-0.4, -0.2) is 27.1 Å². The number of carbonyl (C=O) groups excluding carboxylic acids is 1. The number of sulfonamides is 1. The molecule has 0 unspecified atom stereocenters. The highest BCUT2D eigenvalue weighted by atomic mass is 35.5. The van der Waals surface area contributed by atoms with Crippen LogP contribution in [0.3, 0.4) is 0 Å². The molecular weight excluding hydrogens is 517 g/mol. The zero-order valence-electron chi connectivity index (χ0n) is 19.0. The lowest BCUT2D eigenvalue weighted by atomic mass is 10.0. The van der Waals surface area contributed by atoms with Gasteiger partial charge in [-0.3, -0.25) is 9.10 Å². The fourth-order valence-corrected chi connectivity index (χ4v) is 6.12. The van der Waals surface area contributed by atoms with E-state index in [0.29, 0.717) is 0 Å². The number of hydrogen-bond donors (Lipinski definition) is 1. The van der Waals surface area contributed by atoms with Gasteiger partial charge in [-0.2, -0.15) is 5.10 Å². The lowest BCUT2D eigenvalue weighted by Gasteiger charge is -2.24. The van der Waals surface area contributed by atoms with E-state index in [1.165, 1.54) is 46.8 Å². The van der Waals surface area contributed by atoms with Gasteiger partial charge in [0, 0.05) is 5.56 Å². The topological polar surface area (TPSA) is 78.8 Å². The molecule has 0 fully saturated rings. The van der Waals surface area contributed by atoms with Crippen molar-refractivity contribution in [1.29, 1.82) is 0 Å². The Morgan fingerprint density at radius 2 is 1.67 bits per heavy atom. The summed E-state index contributed by atoms with van der Waals surface area (Å²) in [6.45, 7) is -0.504. The average Bonchev–Trinajstić information content (AvgIpc) is 3.31. The molecule has 4 aromatic rings. The molecule has 0 aromatic heterocycles. The number of benzene rings is 4. The van der Waals surface area contributed by atoms with Crippen molar-refractivity contribution in [3.63, 3.8) is 0 Å². The molecule has 0 saturated heterocycles. The molecular formula is C27H21Cl2N3O3S. The van der Waals surface area contributed by atoms with Crippen molar-refractivity contribution in [2.24, 2.45) is 5.10 Å². The second-order valence-corrected chi connectivity index (χ2v) is 11.0. The van der Waals surface area contributed by atoms with Gasteiger partial charge in [-0.1, -0.05) is 71.7 Å². The number of hydrogen-bond acceptors (Lipinski definition) is 4. The molecule has 0 saturated carbocycles. The van der Waals surface area contributed by atoms with E-state index in [0.717, 1.165) is 28.1 Å². The number of hydrazone groups is 1. The van der Waals surface area contributed by atoms with E-state index in [1.807, 2.05) is 18.2 Å². The molecule has 1 N–H and O–H groups in total. The normalized spacial score (nSPS) is 12.8. The monoisotopic (exact) mass is 537 g/mol. The van der Waals surface area contributed by atoms with Gasteiger partial charge in [0.2, 0.25) is 0 Å². The van der Waals surface area contributed by atoms with Crippen molar-refractivity contribution >= 4 is 61.8 Å². The van der Waals surface area contributed by atoms with Gasteiger partial charge >= 0.3 is 0 Å². The van der Waals surface area contributed by atoms with Crippen LogP contribution in [0.2, 0.25) is 10.0 Å². The molecule has 0 atom stereocenters. The van der Waals surface area contributed by atoms with Crippen LogP contribution in [0.4, 0.5) is 5.69 Å². The molecule has 9 heteroatoms. The van der Waals surface area contributed by atoms with E-state index in [1.54, 1.807) is 24.4 Å². The first kappa shape index (κ1) is 24.3. The maximum absolute atomic E-state index is 13.4. The smallest absolute Gasteiger partial charge is 0.264 e. The van der Waals surface area contributed by atoms with Gasteiger partial charge in [-0.25, -0.2) is 13.8 Å². The standard InChI is InChI=1S/C27H21Cl2N3O3S/c28-24-14-13-21(15-25(24)29)32(36(34,35)22-6-2-1-3-7-22)17-26(33)31-30-16-20-12-11-19-10-9-18-5-4-8-23(20)27(18)19/h1-8,11-16H,9-10,17H2,(H,31,33)/b30-16+. The van der Waals surface area contributed by atoms with Crippen molar-refractivity contribution in [2.45, 2.75) is 17.7 Å². The third-order valence-electron chi connectivity index (χ3n) is 6.11. The lowest BCUT2D eigenvalue weighted by Crippen LogP contribution is -2.39. The van der Waals surface area contributed by atoms with Gasteiger partial charge in [-0.05, 0) is 65.1 Å². The van der Waals surface area contributed by atoms with Gasteiger partial charge in [0.15, 0.2) is 0 Å². The maximum Gasteiger partial charge on any atom is 0.264 e. The maximum atomic E-state index is 13.4. The quantitative estimate of drug-likeness (QED) is 0.246. The number of anilines is 1. The highest BCUT2D eigenvalue weighted by Crippen LogP contribution is 2.32. The molecule has 5 rings (SSSR count). The number of amides is 1. The van der Waals surface area contributed by atoms with Crippen molar-refractivity contribution in [3.05, 3.63) is 106 Å². The molecule has 0 radical (unpaired) electrons. The first-order chi connectivity index (χ1) is 17.3. The predicted octanol–water partition coefficient (Wildman–Crippen LogP) is 5.59. The zero-order valence-corrected chi connectivity index (χ0v) is 21.3. The Morgan fingerprint density at radius 1 is 0.917 bits per heavy atom. The van der Waals surface area contributed by atoms with Crippen LogP contribution in [0, 0.1) is 0 Å². The van der Waals surface area contributed by atoms with E-state index >= 15 is 0 Å². The zero-order chi connectivity index (χ0) is 25.3. The Balaban J connectivity index is 1.40. The summed E-state index contributed by atoms with van der Waals surface area (Å²) in [7, 11) is -4.07. The summed E-state index contributed by atoms with van der Waals surface area (Å²) >= 11 is 12.2. The molecule has 0 bridgehead atoms. The summed E-state index contributed by atoms with van der Waals surface area (Å²) < 4.78 is 27.8. The summed E-state index contributed by atoms with van der Waals surface area (Å²) in [6.07, 6.45) is 3.61. The molecule has 0 heterocycles. The summed E-state index contributed by atoms with van der Waals surface area (Å²) in [5, 5.41) is 6.88. The molecule has 0 aliphatic heterocycles. The minimum Gasteiger partial charge on any atom is -0.271 e. The van der Waals surface area contributed by atoms with Crippen molar-refractivity contribution in [3.8, 4) is 0 Å². The Bertz CT molecular complexity index is 1600. The number of carbonyl (C=O) groups is 1. The molecule has 1 aliphatic carbocycles. The average molecular weight is 538 g/mol. The number of halogens is 2. The summed E-state index contributed by atoms with van der Waals surface area (Å²) in [4.78, 5) is 12.9. The Hall–Kier alpha value is -3.39. The van der Waals surface area contributed by atoms with E-state index in [2.05, 4.69) is 22.7 Å². The largest absolute Gasteiger partial charge is 0.271 e. The minimum absolute atomic E-state index is 0.0419. The number of nitrogens with zero attached hydrogens (tertiary/aromatic N) is 2. The van der Waals surface area contributed by atoms with Crippen LogP contribution in [0.1, 0.15) is 16.7 Å². The van der Waals surface area contributed by atoms with Crippen LogP contribution < -0.4 is 9.73 Å². The van der Waals surface area contributed by atoms with Crippen LogP contribution in [0.5, 0.6) is 0 Å². The summed E-state index contributed by atoms with van der Waals surface area (Å²) in [5.41, 5.74) is 6.16. The molecule has 1 aliphatic rings. The molecule has 4 aromatic carbocycles. The van der Waals surface area contributed by atoms with E-state index in [4.69, 9.17) is 23.2 Å². The SMILES string of the molecule is O=C(CN(c1ccc(Cl)c(Cl)c1)S(=O)(=O)c1ccccc1)N/N=C/c1ccc2c3c(cccc13)CC2. The minimum atomic E-state index is -4.07. The molecule has 36 heavy (non-hydrogen) atoms. The fraction of sp³-hybridized carbons (Fsp3) is 0.111. The number of nitrogens with one attached hydrogen (secondary N) is 1. The Kier molecular flexibility index (Phi) is 6.71. The van der Waals surface area contributed by atoms with Gasteiger partial charge in [0.1, 0.15) is 6.54 Å². The van der Waals surface area contributed by atoms with Gasteiger partial charge in [0.25, 0.3) is 15.9 Å². The molecule has 182 valence electrons. The number of rotatable bonds is 7. The first-order valence-corrected chi connectivity index (χ1v) is 13.4. The molecule has 1 amide bonds. The van der Waals surface area contributed by atoms with Gasteiger partial charge < -0.3 is 0 Å². The van der Waals surface area contributed by atoms with Crippen molar-refractivity contribution in [1.82, 2.24) is 5.43 Å². The Morgan fingerprint density at radius 3 is 2.42 bits per heavy atom. The highest BCUT2D eigenvalue weighted by Gasteiger charge is 2.27. The second kappa shape index (κ2) is 9.93. The highest BCUT2D eigenvalue weighted by molar-refractivity contribution is 7.92. The van der Waals surface area contributed by atoms with Gasteiger partial charge in [-0.15, -0.1) is 0 Å². The van der Waals surface area contributed by atoms with Crippen molar-refractivity contribution in [2.75, 3.05) is 10.8 Å². The third kappa shape index (κ3) is 4.69. The second-order valence-electron chi connectivity index (χ2n) is 8.37.